The summed E-state index contributed by atoms with van der Waals surface area (Å²) in [6, 6.07) is -1.08. The first kappa shape index (κ1) is 15.9. The Bertz CT molecular complexity index is 344. The Morgan fingerprint density at radius 1 is 1.53 bits per heavy atom. The van der Waals surface area contributed by atoms with Crippen molar-refractivity contribution in [1.82, 2.24) is 15.5 Å². The summed E-state index contributed by atoms with van der Waals surface area (Å²) >= 11 is 0. The molecule has 110 valence electrons. The maximum atomic E-state index is 12.2. The molecule has 0 aromatic rings. The summed E-state index contributed by atoms with van der Waals surface area (Å²) in [5.41, 5.74) is -0.266. The van der Waals surface area contributed by atoms with Gasteiger partial charge in [0.1, 0.15) is 6.04 Å². The van der Waals surface area contributed by atoms with Gasteiger partial charge in [-0.05, 0) is 27.2 Å². The highest BCUT2D eigenvalue weighted by molar-refractivity contribution is 5.83. The van der Waals surface area contributed by atoms with E-state index in [0.717, 1.165) is 6.42 Å². The van der Waals surface area contributed by atoms with Crippen LogP contribution in [0.3, 0.4) is 0 Å². The molecule has 1 aliphatic heterocycles. The summed E-state index contributed by atoms with van der Waals surface area (Å²) < 4.78 is 0. The van der Waals surface area contributed by atoms with Gasteiger partial charge in [0.15, 0.2) is 0 Å². The predicted molar refractivity (Wildman–Crippen MR) is 73.0 cm³/mol. The molecular formula is C13H25N3O3. The Balaban J connectivity index is 2.71. The topological polar surface area (TPSA) is 81.7 Å². The molecular weight excluding hydrogens is 246 g/mol. The van der Waals surface area contributed by atoms with E-state index in [4.69, 9.17) is 0 Å². The predicted octanol–water partition coefficient (Wildman–Crippen LogP) is 0.0381. The van der Waals surface area contributed by atoms with Crippen LogP contribution in [0.15, 0.2) is 0 Å². The van der Waals surface area contributed by atoms with E-state index >= 15 is 0 Å². The molecule has 3 N–H and O–H groups in total. The lowest BCUT2D eigenvalue weighted by Crippen LogP contribution is -2.62. The Labute approximate surface area is 114 Å². The smallest absolute Gasteiger partial charge is 0.322 e. The van der Waals surface area contributed by atoms with E-state index in [9.17, 15) is 14.7 Å². The van der Waals surface area contributed by atoms with Crippen molar-refractivity contribution in [1.29, 1.82) is 0 Å². The van der Waals surface area contributed by atoms with Crippen molar-refractivity contribution in [2.75, 3.05) is 19.6 Å². The molecule has 0 spiro atoms. The van der Waals surface area contributed by atoms with Gasteiger partial charge in [-0.2, -0.15) is 0 Å². The molecule has 2 unspecified atom stereocenters. The molecule has 1 fully saturated rings. The van der Waals surface area contributed by atoms with Gasteiger partial charge in [0.05, 0.1) is 6.04 Å². The zero-order chi connectivity index (χ0) is 14.6. The standard InChI is InChI=1S/C13H25N3O3/c1-5-13(3,4)15-11(17)9(2)16-7-6-14-8-10(16)12(18)19/h9-10,14H,5-8H2,1-4H3,(H,15,17)(H,18,19). The van der Waals surface area contributed by atoms with E-state index in [1.54, 1.807) is 11.8 Å². The van der Waals surface area contributed by atoms with Crippen molar-refractivity contribution in [3.63, 3.8) is 0 Å². The number of carboxylic acids is 1. The molecule has 1 amide bonds. The third kappa shape index (κ3) is 4.18. The van der Waals surface area contributed by atoms with Gasteiger partial charge in [-0.3, -0.25) is 14.5 Å². The quantitative estimate of drug-likeness (QED) is 0.657. The number of amides is 1. The van der Waals surface area contributed by atoms with Gasteiger partial charge in [-0.1, -0.05) is 6.92 Å². The molecule has 0 aromatic heterocycles. The molecule has 1 saturated heterocycles. The largest absolute Gasteiger partial charge is 0.480 e. The monoisotopic (exact) mass is 271 g/mol. The maximum absolute atomic E-state index is 12.2. The van der Waals surface area contributed by atoms with Crippen LogP contribution in [-0.4, -0.2) is 59.1 Å². The van der Waals surface area contributed by atoms with E-state index < -0.39 is 18.1 Å². The van der Waals surface area contributed by atoms with Crippen molar-refractivity contribution in [2.45, 2.75) is 51.7 Å². The minimum atomic E-state index is -0.887. The van der Waals surface area contributed by atoms with Crippen molar-refractivity contribution in [2.24, 2.45) is 0 Å². The van der Waals surface area contributed by atoms with Gasteiger partial charge in [-0.15, -0.1) is 0 Å². The highest BCUT2D eigenvalue weighted by Crippen LogP contribution is 2.12. The van der Waals surface area contributed by atoms with Crippen LogP contribution in [0.25, 0.3) is 0 Å². The zero-order valence-corrected chi connectivity index (χ0v) is 12.2. The summed E-state index contributed by atoms with van der Waals surface area (Å²) in [6.07, 6.45) is 0.829. The number of carbonyl (C=O) groups excluding carboxylic acids is 1. The van der Waals surface area contributed by atoms with E-state index in [-0.39, 0.29) is 11.4 Å². The van der Waals surface area contributed by atoms with E-state index in [1.165, 1.54) is 0 Å². The Morgan fingerprint density at radius 2 is 2.16 bits per heavy atom. The second-order valence-electron chi connectivity index (χ2n) is 5.70. The lowest BCUT2D eigenvalue weighted by molar-refractivity contribution is -0.146. The fourth-order valence-electron chi connectivity index (χ4n) is 2.09. The number of nitrogens with zero attached hydrogens (tertiary/aromatic N) is 1. The molecule has 6 heteroatoms. The molecule has 19 heavy (non-hydrogen) atoms. The van der Waals surface area contributed by atoms with Crippen molar-refractivity contribution in [3.05, 3.63) is 0 Å². The van der Waals surface area contributed by atoms with Gasteiger partial charge >= 0.3 is 5.97 Å². The highest BCUT2D eigenvalue weighted by atomic mass is 16.4. The maximum Gasteiger partial charge on any atom is 0.322 e. The summed E-state index contributed by atoms with van der Waals surface area (Å²) in [5, 5.41) is 15.2. The summed E-state index contributed by atoms with van der Waals surface area (Å²) in [6.45, 7) is 9.35. The highest BCUT2D eigenvalue weighted by Gasteiger charge is 2.35. The van der Waals surface area contributed by atoms with Gasteiger partial charge in [0.2, 0.25) is 5.91 Å². The van der Waals surface area contributed by atoms with Gasteiger partial charge in [0, 0.05) is 25.2 Å². The van der Waals surface area contributed by atoms with Gasteiger partial charge < -0.3 is 15.7 Å². The van der Waals surface area contributed by atoms with Crippen molar-refractivity contribution >= 4 is 11.9 Å². The van der Waals surface area contributed by atoms with E-state index in [1.807, 2.05) is 20.8 Å². The molecule has 6 nitrogen and oxygen atoms in total. The Kier molecular flexibility index (Phi) is 5.31. The normalized spacial score (nSPS) is 22.8. The average Bonchev–Trinajstić information content (AvgIpc) is 2.37. The lowest BCUT2D eigenvalue weighted by Gasteiger charge is -2.38. The van der Waals surface area contributed by atoms with Crippen LogP contribution in [0.4, 0.5) is 0 Å². The SMILES string of the molecule is CCC(C)(C)NC(=O)C(C)N1CCNCC1C(=O)O. The first-order chi connectivity index (χ1) is 8.78. The fourth-order valence-corrected chi connectivity index (χ4v) is 2.09. The number of nitrogens with one attached hydrogen (secondary N) is 2. The van der Waals surface area contributed by atoms with E-state index in [2.05, 4.69) is 10.6 Å². The number of hydrogen-bond donors (Lipinski definition) is 3. The Hall–Kier alpha value is -1.14. The number of aliphatic carboxylic acids is 1. The zero-order valence-electron chi connectivity index (χ0n) is 12.2. The molecule has 0 aromatic carbocycles. The first-order valence-corrected chi connectivity index (χ1v) is 6.80. The second kappa shape index (κ2) is 6.34. The molecule has 0 saturated carbocycles. The molecule has 1 heterocycles. The summed E-state index contributed by atoms with van der Waals surface area (Å²) in [5.74, 6) is -0.999. The minimum Gasteiger partial charge on any atom is -0.480 e. The molecule has 0 aliphatic carbocycles. The van der Waals surface area contributed by atoms with Crippen LogP contribution in [0.1, 0.15) is 34.1 Å². The number of hydrogen-bond acceptors (Lipinski definition) is 4. The van der Waals surface area contributed by atoms with E-state index in [0.29, 0.717) is 19.6 Å². The number of carbonyl (C=O) groups is 2. The third-order valence-electron chi connectivity index (χ3n) is 3.79. The van der Waals surface area contributed by atoms with Crippen LogP contribution < -0.4 is 10.6 Å². The van der Waals surface area contributed by atoms with Crippen LogP contribution in [0, 0.1) is 0 Å². The Morgan fingerprint density at radius 3 is 2.68 bits per heavy atom. The van der Waals surface area contributed by atoms with Crippen LogP contribution >= 0.6 is 0 Å². The minimum absolute atomic E-state index is 0.111. The number of rotatable bonds is 5. The lowest BCUT2D eigenvalue weighted by atomic mass is 10.0. The molecule has 0 bridgehead atoms. The molecule has 2 atom stereocenters. The fraction of sp³-hybridized carbons (Fsp3) is 0.846. The first-order valence-electron chi connectivity index (χ1n) is 6.80. The number of carboxylic acid groups (broad SMARTS) is 1. The third-order valence-corrected chi connectivity index (χ3v) is 3.79. The van der Waals surface area contributed by atoms with Crippen molar-refractivity contribution in [3.8, 4) is 0 Å². The summed E-state index contributed by atoms with van der Waals surface area (Å²) in [4.78, 5) is 25.2. The van der Waals surface area contributed by atoms with Crippen LogP contribution in [0.5, 0.6) is 0 Å². The van der Waals surface area contributed by atoms with Gasteiger partial charge in [-0.25, -0.2) is 0 Å². The van der Waals surface area contributed by atoms with Crippen LogP contribution in [0.2, 0.25) is 0 Å². The average molecular weight is 271 g/mol. The molecule has 1 aliphatic rings. The van der Waals surface area contributed by atoms with Gasteiger partial charge in [0.25, 0.3) is 0 Å². The van der Waals surface area contributed by atoms with Crippen molar-refractivity contribution < 1.29 is 14.7 Å². The number of piperazine rings is 1. The van der Waals surface area contributed by atoms with Crippen LogP contribution in [-0.2, 0) is 9.59 Å². The second-order valence-corrected chi connectivity index (χ2v) is 5.70. The summed E-state index contributed by atoms with van der Waals surface area (Å²) in [7, 11) is 0. The molecule has 1 rings (SSSR count). The molecule has 0 radical (unpaired) electrons.